The maximum absolute atomic E-state index is 14.2. The third kappa shape index (κ3) is 3.99. The number of benzene rings is 2. The fourth-order valence-corrected chi connectivity index (χ4v) is 4.06. The van der Waals surface area contributed by atoms with Crippen molar-refractivity contribution in [3.8, 4) is 0 Å². The lowest BCUT2D eigenvalue weighted by molar-refractivity contribution is 0.0977. The van der Waals surface area contributed by atoms with Crippen LogP contribution in [0.4, 0.5) is 13.9 Å². The van der Waals surface area contributed by atoms with Crippen LogP contribution < -0.4 is 4.90 Å². The first-order chi connectivity index (χ1) is 12.8. The maximum Gasteiger partial charge on any atom is 0.266 e. The Labute approximate surface area is 161 Å². The highest BCUT2D eigenvalue weighted by molar-refractivity contribution is 7.22. The lowest BCUT2D eigenvalue weighted by atomic mass is 10.1. The quantitative estimate of drug-likeness (QED) is 0.649. The molecule has 0 saturated carbocycles. The minimum Gasteiger partial charge on any atom is -0.308 e. The highest BCUT2D eigenvalue weighted by Crippen LogP contribution is 2.32. The number of hydrogen-bond acceptors (Lipinski definition) is 4. The van der Waals surface area contributed by atoms with E-state index in [2.05, 4.69) is 4.98 Å². The average Bonchev–Trinajstić information content (AvgIpc) is 2.98. The van der Waals surface area contributed by atoms with Gasteiger partial charge in [-0.3, -0.25) is 9.69 Å². The highest BCUT2D eigenvalue weighted by atomic mass is 32.1. The molecule has 0 saturated heterocycles. The summed E-state index contributed by atoms with van der Waals surface area (Å²) in [4.78, 5) is 20.9. The van der Waals surface area contributed by atoms with Crippen LogP contribution in [0.3, 0.4) is 0 Å². The number of thiazole rings is 1. The molecular weight excluding hydrogens is 368 g/mol. The largest absolute Gasteiger partial charge is 0.308 e. The van der Waals surface area contributed by atoms with Crippen molar-refractivity contribution < 1.29 is 13.6 Å². The summed E-state index contributed by atoms with van der Waals surface area (Å²) in [6.07, 6.45) is 0. The number of amides is 1. The molecule has 0 aliphatic heterocycles. The van der Waals surface area contributed by atoms with Gasteiger partial charge in [0, 0.05) is 13.1 Å². The highest BCUT2D eigenvalue weighted by Gasteiger charge is 2.26. The zero-order valence-corrected chi connectivity index (χ0v) is 16.5. The zero-order valence-electron chi connectivity index (χ0n) is 15.7. The molecule has 2 aromatic carbocycles. The third-order valence-electron chi connectivity index (χ3n) is 4.24. The third-order valence-corrected chi connectivity index (χ3v) is 5.27. The normalized spacial score (nSPS) is 11.4. The second kappa shape index (κ2) is 7.70. The van der Waals surface area contributed by atoms with Crippen molar-refractivity contribution in [2.45, 2.75) is 13.8 Å². The number of aryl methyl sites for hydroxylation is 2. The van der Waals surface area contributed by atoms with Crippen LogP contribution >= 0.6 is 11.3 Å². The first-order valence-corrected chi connectivity index (χ1v) is 9.38. The summed E-state index contributed by atoms with van der Waals surface area (Å²) >= 11 is 1.35. The molecule has 0 N–H and O–H groups in total. The van der Waals surface area contributed by atoms with Gasteiger partial charge in [0.1, 0.15) is 17.2 Å². The van der Waals surface area contributed by atoms with Crippen molar-refractivity contribution in [2.75, 3.05) is 32.1 Å². The smallest absolute Gasteiger partial charge is 0.266 e. The van der Waals surface area contributed by atoms with E-state index in [0.717, 1.165) is 33.5 Å². The van der Waals surface area contributed by atoms with Gasteiger partial charge in [-0.25, -0.2) is 13.8 Å². The summed E-state index contributed by atoms with van der Waals surface area (Å²) in [5.74, 6) is -2.47. The Kier molecular flexibility index (Phi) is 5.53. The number of aromatic nitrogens is 1. The zero-order chi connectivity index (χ0) is 19.7. The first-order valence-electron chi connectivity index (χ1n) is 8.56. The van der Waals surface area contributed by atoms with Crippen LogP contribution in [-0.2, 0) is 0 Å². The molecule has 7 heteroatoms. The molecule has 0 bridgehead atoms. The van der Waals surface area contributed by atoms with Crippen LogP contribution in [0.25, 0.3) is 10.2 Å². The minimum absolute atomic E-state index is 0.275. The second-order valence-corrected chi connectivity index (χ2v) is 7.79. The standard InChI is InChI=1S/C20H21F2N3OS/c1-12-10-13(2)18-16(11-12)27-20(23-18)25(9-8-24(3)4)19(26)17-14(21)6-5-7-15(17)22/h5-7,10-11H,8-9H2,1-4H3. The topological polar surface area (TPSA) is 36.4 Å². The predicted molar refractivity (Wildman–Crippen MR) is 106 cm³/mol. The SMILES string of the molecule is Cc1cc(C)c2nc(N(CCN(C)C)C(=O)c3c(F)cccc3F)sc2c1. The Balaban J connectivity index is 2.08. The van der Waals surface area contributed by atoms with Crippen molar-refractivity contribution >= 4 is 32.6 Å². The fraction of sp³-hybridized carbons (Fsp3) is 0.300. The van der Waals surface area contributed by atoms with Gasteiger partial charge in [0.25, 0.3) is 5.91 Å². The Morgan fingerprint density at radius 1 is 1.11 bits per heavy atom. The summed E-state index contributed by atoms with van der Waals surface area (Å²) in [6.45, 7) is 4.77. The van der Waals surface area contributed by atoms with Gasteiger partial charge >= 0.3 is 0 Å². The summed E-state index contributed by atoms with van der Waals surface area (Å²) in [7, 11) is 3.75. The molecule has 3 rings (SSSR count). The van der Waals surface area contributed by atoms with Gasteiger partial charge in [0.2, 0.25) is 0 Å². The number of nitrogens with zero attached hydrogens (tertiary/aromatic N) is 3. The lowest BCUT2D eigenvalue weighted by Gasteiger charge is -2.22. The predicted octanol–water partition coefficient (Wildman–Crippen LogP) is 4.40. The van der Waals surface area contributed by atoms with E-state index in [1.54, 1.807) is 0 Å². The van der Waals surface area contributed by atoms with Gasteiger partial charge < -0.3 is 4.90 Å². The summed E-state index contributed by atoms with van der Waals surface area (Å²) in [5.41, 5.74) is 2.35. The minimum atomic E-state index is -0.872. The molecule has 0 unspecified atom stereocenters. The van der Waals surface area contributed by atoms with E-state index in [1.165, 1.54) is 22.3 Å². The number of likely N-dealkylation sites (N-methyl/N-ethyl adjacent to an activating group) is 1. The molecule has 3 aromatic rings. The van der Waals surface area contributed by atoms with E-state index >= 15 is 0 Å². The molecule has 1 heterocycles. The van der Waals surface area contributed by atoms with Crippen molar-refractivity contribution in [1.82, 2.24) is 9.88 Å². The molecule has 1 amide bonds. The number of halogens is 2. The molecular formula is C20H21F2N3OS. The molecule has 142 valence electrons. The van der Waals surface area contributed by atoms with Gasteiger partial charge in [-0.15, -0.1) is 0 Å². The van der Waals surface area contributed by atoms with Crippen molar-refractivity contribution in [1.29, 1.82) is 0 Å². The van der Waals surface area contributed by atoms with E-state index in [1.807, 2.05) is 45.0 Å². The molecule has 0 fully saturated rings. The van der Waals surface area contributed by atoms with E-state index in [-0.39, 0.29) is 6.54 Å². The Morgan fingerprint density at radius 3 is 2.41 bits per heavy atom. The molecule has 0 spiro atoms. The molecule has 0 radical (unpaired) electrons. The Bertz CT molecular complexity index is 980. The van der Waals surface area contributed by atoms with Gasteiger partial charge in [0.15, 0.2) is 5.13 Å². The molecule has 0 atom stereocenters. The molecule has 0 aliphatic rings. The summed E-state index contributed by atoms with van der Waals surface area (Å²) < 4.78 is 29.3. The lowest BCUT2D eigenvalue weighted by Crippen LogP contribution is -2.37. The van der Waals surface area contributed by atoms with Crippen LogP contribution in [0.2, 0.25) is 0 Å². The molecule has 27 heavy (non-hydrogen) atoms. The number of anilines is 1. The molecule has 1 aromatic heterocycles. The average molecular weight is 389 g/mol. The number of carbonyl (C=O) groups excluding carboxylic acids is 1. The van der Waals surface area contributed by atoms with Gasteiger partial charge in [-0.1, -0.05) is 23.5 Å². The van der Waals surface area contributed by atoms with Crippen molar-refractivity contribution in [3.63, 3.8) is 0 Å². The number of carbonyl (C=O) groups is 1. The second-order valence-electron chi connectivity index (χ2n) is 6.78. The van der Waals surface area contributed by atoms with Crippen LogP contribution in [0, 0.1) is 25.5 Å². The molecule has 0 aliphatic carbocycles. The van der Waals surface area contributed by atoms with E-state index < -0.39 is 23.1 Å². The van der Waals surface area contributed by atoms with E-state index in [0.29, 0.717) is 11.7 Å². The number of hydrogen-bond donors (Lipinski definition) is 0. The number of fused-ring (bicyclic) bond motifs is 1. The monoisotopic (exact) mass is 389 g/mol. The van der Waals surface area contributed by atoms with Gasteiger partial charge in [-0.05, 0) is 57.3 Å². The fourth-order valence-electron chi connectivity index (χ4n) is 2.90. The Hall–Kier alpha value is -2.38. The summed E-state index contributed by atoms with van der Waals surface area (Å²) in [5, 5.41) is 0.438. The van der Waals surface area contributed by atoms with E-state index in [4.69, 9.17) is 0 Å². The van der Waals surface area contributed by atoms with Gasteiger partial charge in [0.05, 0.1) is 10.2 Å². The van der Waals surface area contributed by atoms with Crippen LogP contribution in [0.15, 0.2) is 30.3 Å². The van der Waals surface area contributed by atoms with Crippen molar-refractivity contribution in [3.05, 3.63) is 58.7 Å². The van der Waals surface area contributed by atoms with Crippen molar-refractivity contribution in [2.24, 2.45) is 0 Å². The van der Waals surface area contributed by atoms with Gasteiger partial charge in [-0.2, -0.15) is 0 Å². The van der Waals surface area contributed by atoms with Crippen LogP contribution in [-0.4, -0.2) is 43.0 Å². The Morgan fingerprint density at radius 2 is 1.78 bits per heavy atom. The van der Waals surface area contributed by atoms with Crippen LogP contribution in [0.1, 0.15) is 21.5 Å². The number of rotatable bonds is 5. The summed E-state index contributed by atoms with van der Waals surface area (Å²) in [6, 6.07) is 7.45. The maximum atomic E-state index is 14.2. The molecule has 4 nitrogen and oxygen atoms in total. The van der Waals surface area contributed by atoms with Crippen LogP contribution in [0.5, 0.6) is 0 Å². The first kappa shape index (κ1) is 19.4. The van der Waals surface area contributed by atoms with E-state index in [9.17, 15) is 13.6 Å².